The Balaban J connectivity index is 2.13. The Labute approximate surface area is 89.8 Å². The van der Waals surface area contributed by atoms with Crippen LogP contribution in [0.1, 0.15) is 37.5 Å². The highest BCUT2D eigenvalue weighted by Gasteiger charge is 2.25. The molecule has 5 heteroatoms. The average molecular weight is 210 g/mol. The summed E-state index contributed by atoms with van der Waals surface area (Å²) in [5, 5.41) is 7.38. The van der Waals surface area contributed by atoms with E-state index in [9.17, 15) is 0 Å². The van der Waals surface area contributed by atoms with E-state index in [1.165, 1.54) is 0 Å². The van der Waals surface area contributed by atoms with Gasteiger partial charge >= 0.3 is 0 Å². The molecule has 0 bridgehead atoms. The first-order chi connectivity index (χ1) is 7.18. The molecular weight excluding hydrogens is 192 g/mol. The van der Waals surface area contributed by atoms with Gasteiger partial charge in [0.2, 0.25) is 5.89 Å². The fourth-order valence-corrected chi connectivity index (χ4v) is 1.71. The van der Waals surface area contributed by atoms with Crippen LogP contribution in [-0.4, -0.2) is 41.7 Å². The first-order valence-corrected chi connectivity index (χ1v) is 5.43. The van der Waals surface area contributed by atoms with E-state index in [0.29, 0.717) is 5.92 Å². The first kappa shape index (κ1) is 10.6. The fraction of sp³-hybridized carbons (Fsp3) is 0.800. The third kappa shape index (κ3) is 2.18. The molecule has 1 aliphatic rings. The molecule has 5 nitrogen and oxygen atoms in total. The van der Waals surface area contributed by atoms with Gasteiger partial charge in [0.05, 0.1) is 6.04 Å². The molecule has 1 unspecified atom stereocenters. The van der Waals surface area contributed by atoms with Crippen molar-refractivity contribution in [2.45, 2.75) is 25.8 Å². The van der Waals surface area contributed by atoms with E-state index in [1.54, 1.807) is 0 Å². The van der Waals surface area contributed by atoms with Crippen LogP contribution in [0.5, 0.6) is 0 Å². The van der Waals surface area contributed by atoms with Gasteiger partial charge in [0.1, 0.15) is 0 Å². The lowest BCUT2D eigenvalue weighted by Gasteiger charge is -2.30. The molecule has 0 radical (unpaired) electrons. The van der Waals surface area contributed by atoms with Crippen LogP contribution in [-0.2, 0) is 0 Å². The van der Waals surface area contributed by atoms with E-state index in [0.717, 1.165) is 31.3 Å². The van der Waals surface area contributed by atoms with Crippen molar-refractivity contribution in [3.05, 3.63) is 11.7 Å². The Morgan fingerprint density at radius 3 is 2.93 bits per heavy atom. The van der Waals surface area contributed by atoms with E-state index in [-0.39, 0.29) is 6.04 Å². The summed E-state index contributed by atoms with van der Waals surface area (Å²) in [6, 6.07) is 0.245. The highest BCUT2D eigenvalue weighted by Crippen LogP contribution is 2.20. The maximum absolute atomic E-state index is 5.21. The summed E-state index contributed by atoms with van der Waals surface area (Å²) in [5.41, 5.74) is 0. The summed E-state index contributed by atoms with van der Waals surface area (Å²) in [6.45, 7) is 7.06. The monoisotopic (exact) mass is 210 g/mol. The minimum atomic E-state index is 0.245. The lowest BCUT2D eigenvalue weighted by Crippen LogP contribution is -2.44. The number of aromatic nitrogens is 2. The van der Waals surface area contributed by atoms with Gasteiger partial charge in [0.15, 0.2) is 5.82 Å². The third-order valence-electron chi connectivity index (χ3n) is 2.76. The molecule has 1 aliphatic heterocycles. The van der Waals surface area contributed by atoms with Crippen molar-refractivity contribution in [1.29, 1.82) is 0 Å². The maximum atomic E-state index is 5.21. The lowest BCUT2D eigenvalue weighted by atomic mass is 10.2. The van der Waals surface area contributed by atoms with E-state index in [1.807, 2.05) is 0 Å². The zero-order chi connectivity index (χ0) is 10.8. The average Bonchev–Trinajstić information content (AvgIpc) is 2.67. The molecule has 1 aromatic rings. The van der Waals surface area contributed by atoms with Crippen LogP contribution in [0.4, 0.5) is 0 Å². The summed E-state index contributed by atoms with van der Waals surface area (Å²) >= 11 is 0. The van der Waals surface area contributed by atoms with E-state index >= 15 is 0 Å². The van der Waals surface area contributed by atoms with E-state index in [4.69, 9.17) is 4.52 Å². The maximum Gasteiger partial charge on any atom is 0.229 e. The van der Waals surface area contributed by atoms with Crippen LogP contribution in [0.25, 0.3) is 0 Å². The second kappa shape index (κ2) is 4.28. The van der Waals surface area contributed by atoms with Crippen LogP contribution >= 0.6 is 0 Å². The Morgan fingerprint density at radius 1 is 1.53 bits per heavy atom. The van der Waals surface area contributed by atoms with Crippen molar-refractivity contribution in [2.24, 2.45) is 0 Å². The van der Waals surface area contributed by atoms with Gasteiger partial charge in [0.25, 0.3) is 0 Å². The number of piperazine rings is 1. The Bertz CT molecular complexity index is 323. The SMILES string of the molecule is CC(C)c1nc(C2CNCCN2C)no1. The van der Waals surface area contributed by atoms with Gasteiger partial charge in [-0.25, -0.2) is 0 Å². The Morgan fingerprint density at radius 2 is 2.33 bits per heavy atom. The summed E-state index contributed by atoms with van der Waals surface area (Å²) < 4.78 is 5.21. The second-order valence-corrected chi connectivity index (χ2v) is 4.35. The molecule has 0 amide bonds. The third-order valence-corrected chi connectivity index (χ3v) is 2.76. The second-order valence-electron chi connectivity index (χ2n) is 4.35. The van der Waals surface area contributed by atoms with Crippen LogP contribution in [0.15, 0.2) is 4.52 Å². The summed E-state index contributed by atoms with van der Waals surface area (Å²) in [6.07, 6.45) is 0. The highest BCUT2D eigenvalue weighted by atomic mass is 16.5. The smallest absolute Gasteiger partial charge is 0.229 e. The van der Waals surface area contributed by atoms with Gasteiger partial charge in [-0.1, -0.05) is 19.0 Å². The van der Waals surface area contributed by atoms with Gasteiger partial charge in [-0.05, 0) is 7.05 Å². The fourth-order valence-electron chi connectivity index (χ4n) is 1.71. The number of nitrogens with zero attached hydrogens (tertiary/aromatic N) is 3. The molecule has 1 fully saturated rings. The molecule has 1 saturated heterocycles. The van der Waals surface area contributed by atoms with Crippen LogP contribution < -0.4 is 5.32 Å². The molecule has 1 aromatic heterocycles. The number of likely N-dealkylation sites (N-methyl/N-ethyl adjacent to an activating group) is 1. The van der Waals surface area contributed by atoms with Gasteiger partial charge in [-0.2, -0.15) is 4.98 Å². The highest BCUT2D eigenvalue weighted by molar-refractivity contribution is 4.99. The molecule has 0 aliphatic carbocycles. The van der Waals surface area contributed by atoms with Gasteiger partial charge < -0.3 is 9.84 Å². The molecule has 1 atom stereocenters. The predicted molar refractivity (Wildman–Crippen MR) is 56.6 cm³/mol. The topological polar surface area (TPSA) is 54.2 Å². The standard InChI is InChI=1S/C10H18N4O/c1-7(2)10-12-9(13-15-10)8-6-11-4-5-14(8)3/h7-8,11H,4-6H2,1-3H3. The van der Waals surface area contributed by atoms with Gasteiger partial charge in [0, 0.05) is 25.6 Å². The van der Waals surface area contributed by atoms with Crippen molar-refractivity contribution >= 4 is 0 Å². The minimum Gasteiger partial charge on any atom is -0.339 e. The first-order valence-electron chi connectivity index (χ1n) is 5.43. The van der Waals surface area contributed by atoms with Gasteiger partial charge in [-0.15, -0.1) is 0 Å². The van der Waals surface area contributed by atoms with Crippen molar-refractivity contribution in [2.75, 3.05) is 26.7 Å². The van der Waals surface area contributed by atoms with E-state index in [2.05, 4.69) is 41.3 Å². The molecule has 84 valence electrons. The summed E-state index contributed by atoms with van der Waals surface area (Å²) in [7, 11) is 2.09. The molecule has 0 spiro atoms. The number of nitrogens with one attached hydrogen (secondary N) is 1. The largest absolute Gasteiger partial charge is 0.339 e. The van der Waals surface area contributed by atoms with Gasteiger partial charge in [-0.3, -0.25) is 4.90 Å². The molecule has 2 rings (SSSR count). The summed E-state index contributed by atoms with van der Waals surface area (Å²) in [4.78, 5) is 6.68. The number of hydrogen-bond acceptors (Lipinski definition) is 5. The molecule has 15 heavy (non-hydrogen) atoms. The quantitative estimate of drug-likeness (QED) is 0.781. The summed E-state index contributed by atoms with van der Waals surface area (Å²) in [5.74, 6) is 1.82. The number of rotatable bonds is 2. The molecule has 0 saturated carbocycles. The predicted octanol–water partition coefficient (Wildman–Crippen LogP) is 0.769. The van der Waals surface area contributed by atoms with Crippen LogP contribution in [0.3, 0.4) is 0 Å². The molecular formula is C10H18N4O. The minimum absolute atomic E-state index is 0.245. The van der Waals surface area contributed by atoms with Crippen molar-refractivity contribution in [3.8, 4) is 0 Å². The lowest BCUT2D eigenvalue weighted by molar-refractivity contribution is 0.190. The van der Waals surface area contributed by atoms with Crippen molar-refractivity contribution < 1.29 is 4.52 Å². The van der Waals surface area contributed by atoms with Crippen LogP contribution in [0, 0.1) is 0 Å². The molecule has 0 aromatic carbocycles. The van der Waals surface area contributed by atoms with E-state index < -0.39 is 0 Å². The van der Waals surface area contributed by atoms with Crippen molar-refractivity contribution in [3.63, 3.8) is 0 Å². The van der Waals surface area contributed by atoms with Crippen LogP contribution in [0.2, 0.25) is 0 Å². The normalized spacial score (nSPS) is 23.6. The Kier molecular flexibility index (Phi) is 3.02. The zero-order valence-corrected chi connectivity index (χ0v) is 9.53. The Hall–Kier alpha value is -0.940. The molecule has 2 heterocycles. The molecule has 1 N–H and O–H groups in total. The van der Waals surface area contributed by atoms with Crippen molar-refractivity contribution in [1.82, 2.24) is 20.4 Å². The number of hydrogen-bond donors (Lipinski definition) is 1. The zero-order valence-electron chi connectivity index (χ0n) is 9.53.